The van der Waals surface area contributed by atoms with E-state index in [0.29, 0.717) is 6.04 Å². The second-order valence-electron chi connectivity index (χ2n) is 8.17. The molecule has 150 valence electrons. The van der Waals surface area contributed by atoms with Gasteiger partial charge in [-0.15, -0.1) is 0 Å². The Morgan fingerprint density at radius 2 is 1.75 bits per heavy atom. The Labute approximate surface area is 169 Å². The number of piperazine rings is 1. The molecule has 0 spiro atoms. The molecule has 0 saturated carbocycles. The summed E-state index contributed by atoms with van der Waals surface area (Å²) in [6.07, 6.45) is 3.51. The maximum absolute atomic E-state index is 4.73. The number of benzene rings is 1. The van der Waals surface area contributed by atoms with Crippen molar-refractivity contribution in [2.75, 3.05) is 49.1 Å². The normalized spacial score (nSPS) is 21.2. The van der Waals surface area contributed by atoms with Gasteiger partial charge in [-0.25, -0.2) is 9.97 Å². The second kappa shape index (κ2) is 8.48. The van der Waals surface area contributed by atoms with Gasteiger partial charge in [0.25, 0.3) is 0 Å². The van der Waals surface area contributed by atoms with Crippen LogP contribution in [0, 0.1) is 13.8 Å². The van der Waals surface area contributed by atoms with Crippen LogP contribution in [0.3, 0.4) is 0 Å². The van der Waals surface area contributed by atoms with Crippen molar-refractivity contribution in [3.63, 3.8) is 0 Å². The van der Waals surface area contributed by atoms with Crippen LogP contribution < -0.4 is 9.80 Å². The number of hydrogen-bond acceptors (Lipinski definition) is 5. The van der Waals surface area contributed by atoms with Crippen molar-refractivity contribution < 1.29 is 0 Å². The Morgan fingerprint density at radius 3 is 2.50 bits per heavy atom. The first-order valence-electron chi connectivity index (χ1n) is 10.8. The molecule has 2 aliphatic heterocycles. The van der Waals surface area contributed by atoms with Crippen LogP contribution in [0.5, 0.6) is 0 Å². The molecule has 4 rings (SSSR count). The topological polar surface area (TPSA) is 35.5 Å². The van der Waals surface area contributed by atoms with Gasteiger partial charge in [0.05, 0.1) is 0 Å². The van der Waals surface area contributed by atoms with Gasteiger partial charge in [-0.1, -0.05) is 25.1 Å². The van der Waals surface area contributed by atoms with Crippen molar-refractivity contribution >= 4 is 11.5 Å². The van der Waals surface area contributed by atoms with Crippen LogP contribution in [0.15, 0.2) is 30.3 Å². The zero-order chi connectivity index (χ0) is 19.5. The quantitative estimate of drug-likeness (QED) is 0.813. The molecule has 0 amide bonds. The largest absolute Gasteiger partial charge is 0.369 e. The van der Waals surface area contributed by atoms with Crippen LogP contribution in [0.25, 0.3) is 0 Å². The van der Waals surface area contributed by atoms with Gasteiger partial charge in [-0.05, 0) is 44.7 Å². The summed E-state index contributed by atoms with van der Waals surface area (Å²) in [6.45, 7) is 13.1. The fourth-order valence-electron chi connectivity index (χ4n) is 4.66. The third-order valence-corrected chi connectivity index (χ3v) is 6.25. The SMILES string of the molecule is CCc1cc(N2CCC[C@@H](N3CCN(c4ccccc4C)CC3)C2)nc(C)n1. The molecule has 5 nitrogen and oxygen atoms in total. The highest BCUT2D eigenvalue weighted by Gasteiger charge is 2.29. The van der Waals surface area contributed by atoms with E-state index in [0.717, 1.165) is 63.0 Å². The first-order chi connectivity index (χ1) is 13.6. The lowest BCUT2D eigenvalue weighted by Gasteiger charge is -2.44. The molecular formula is C23H33N5. The molecule has 28 heavy (non-hydrogen) atoms. The Kier molecular flexibility index (Phi) is 5.81. The number of hydrogen-bond donors (Lipinski definition) is 0. The van der Waals surface area contributed by atoms with Gasteiger partial charge in [-0.2, -0.15) is 0 Å². The van der Waals surface area contributed by atoms with Gasteiger partial charge < -0.3 is 9.80 Å². The van der Waals surface area contributed by atoms with Gasteiger partial charge in [0.1, 0.15) is 11.6 Å². The number of para-hydroxylation sites is 1. The van der Waals surface area contributed by atoms with Crippen LogP contribution in [-0.2, 0) is 6.42 Å². The minimum Gasteiger partial charge on any atom is -0.369 e. The molecule has 1 aromatic carbocycles. The van der Waals surface area contributed by atoms with Crippen LogP contribution in [0.1, 0.15) is 36.8 Å². The van der Waals surface area contributed by atoms with Crippen molar-refractivity contribution in [1.29, 1.82) is 0 Å². The highest BCUT2D eigenvalue weighted by molar-refractivity contribution is 5.53. The minimum atomic E-state index is 0.633. The number of piperidine rings is 1. The first kappa shape index (κ1) is 19.2. The number of anilines is 2. The summed E-state index contributed by atoms with van der Waals surface area (Å²) in [6, 6.07) is 11.6. The van der Waals surface area contributed by atoms with Crippen molar-refractivity contribution in [3.05, 3.63) is 47.4 Å². The lowest BCUT2D eigenvalue weighted by molar-refractivity contribution is 0.166. The maximum atomic E-state index is 4.73. The summed E-state index contributed by atoms with van der Waals surface area (Å²) < 4.78 is 0. The van der Waals surface area contributed by atoms with Crippen LogP contribution in [0.2, 0.25) is 0 Å². The molecule has 2 aromatic rings. The number of nitrogens with zero attached hydrogens (tertiary/aromatic N) is 5. The fourth-order valence-corrected chi connectivity index (χ4v) is 4.66. The van der Waals surface area contributed by atoms with Crippen molar-refractivity contribution in [3.8, 4) is 0 Å². The maximum Gasteiger partial charge on any atom is 0.132 e. The lowest BCUT2D eigenvalue weighted by Crippen LogP contribution is -2.55. The Bertz CT molecular complexity index is 797. The van der Waals surface area contributed by atoms with E-state index in [1.54, 1.807) is 0 Å². The Hall–Kier alpha value is -2.14. The molecule has 0 bridgehead atoms. The van der Waals surface area contributed by atoms with E-state index in [1.165, 1.54) is 24.1 Å². The van der Waals surface area contributed by atoms with Gasteiger partial charge >= 0.3 is 0 Å². The van der Waals surface area contributed by atoms with Crippen molar-refractivity contribution in [1.82, 2.24) is 14.9 Å². The average molecular weight is 380 g/mol. The summed E-state index contributed by atoms with van der Waals surface area (Å²) in [5.74, 6) is 2.01. The predicted octanol–water partition coefficient (Wildman–Crippen LogP) is 3.45. The molecule has 2 aliphatic rings. The summed E-state index contributed by atoms with van der Waals surface area (Å²) in [5.41, 5.74) is 3.93. The van der Waals surface area contributed by atoms with Crippen LogP contribution >= 0.6 is 0 Å². The predicted molar refractivity (Wildman–Crippen MR) is 116 cm³/mol. The van der Waals surface area contributed by atoms with Crippen LogP contribution in [0.4, 0.5) is 11.5 Å². The van der Waals surface area contributed by atoms with E-state index < -0.39 is 0 Å². The summed E-state index contributed by atoms with van der Waals surface area (Å²) >= 11 is 0. The standard InChI is InChI=1S/C23H33N5/c1-4-20-16-23(25-19(3)24-20)28-11-7-9-21(17-28)26-12-14-27(15-13-26)22-10-6-5-8-18(22)2/h5-6,8,10,16,21H,4,7,9,11-15,17H2,1-3H3/t21-/m1/s1. The minimum absolute atomic E-state index is 0.633. The Balaban J connectivity index is 1.39. The molecule has 3 heterocycles. The summed E-state index contributed by atoms with van der Waals surface area (Å²) in [5, 5.41) is 0. The van der Waals surface area contributed by atoms with Gasteiger partial charge in [0, 0.05) is 62.8 Å². The average Bonchev–Trinajstić information content (AvgIpc) is 2.74. The van der Waals surface area contributed by atoms with Crippen molar-refractivity contribution in [2.45, 2.75) is 46.1 Å². The lowest BCUT2D eigenvalue weighted by atomic mass is 10.0. The van der Waals surface area contributed by atoms with E-state index in [9.17, 15) is 0 Å². The first-order valence-corrected chi connectivity index (χ1v) is 10.8. The third-order valence-electron chi connectivity index (χ3n) is 6.25. The van der Waals surface area contributed by atoms with Crippen molar-refractivity contribution in [2.24, 2.45) is 0 Å². The highest BCUT2D eigenvalue weighted by Crippen LogP contribution is 2.25. The molecule has 0 radical (unpaired) electrons. The van der Waals surface area contributed by atoms with E-state index in [4.69, 9.17) is 4.98 Å². The van der Waals surface area contributed by atoms with Gasteiger partial charge in [0.2, 0.25) is 0 Å². The number of rotatable bonds is 4. The zero-order valence-electron chi connectivity index (χ0n) is 17.6. The fraction of sp³-hybridized carbons (Fsp3) is 0.565. The molecule has 2 fully saturated rings. The molecule has 5 heteroatoms. The number of aromatic nitrogens is 2. The third kappa shape index (κ3) is 4.14. The highest BCUT2D eigenvalue weighted by atomic mass is 15.3. The summed E-state index contributed by atoms with van der Waals surface area (Å²) in [7, 11) is 0. The number of aryl methyl sites for hydroxylation is 3. The second-order valence-corrected chi connectivity index (χ2v) is 8.17. The molecule has 1 aromatic heterocycles. The molecule has 0 aliphatic carbocycles. The monoisotopic (exact) mass is 379 g/mol. The van der Waals surface area contributed by atoms with E-state index in [-0.39, 0.29) is 0 Å². The van der Waals surface area contributed by atoms with Crippen LogP contribution in [-0.4, -0.2) is 60.2 Å². The van der Waals surface area contributed by atoms with Gasteiger partial charge in [-0.3, -0.25) is 4.90 Å². The molecule has 0 unspecified atom stereocenters. The molecule has 0 N–H and O–H groups in total. The molecule has 2 saturated heterocycles. The molecule has 1 atom stereocenters. The zero-order valence-corrected chi connectivity index (χ0v) is 17.6. The Morgan fingerprint density at radius 1 is 0.964 bits per heavy atom. The van der Waals surface area contributed by atoms with E-state index in [2.05, 4.69) is 63.9 Å². The summed E-state index contributed by atoms with van der Waals surface area (Å²) in [4.78, 5) is 17.0. The van der Waals surface area contributed by atoms with E-state index >= 15 is 0 Å². The molecular weight excluding hydrogens is 346 g/mol. The van der Waals surface area contributed by atoms with Gasteiger partial charge in [0.15, 0.2) is 0 Å². The smallest absolute Gasteiger partial charge is 0.132 e. The van der Waals surface area contributed by atoms with E-state index in [1.807, 2.05) is 6.92 Å².